The van der Waals surface area contributed by atoms with E-state index in [4.69, 9.17) is 15.2 Å². The van der Waals surface area contributed by atoms with Crippen LogP contribution in [0.4, 0.5) is 0 Å². The Balaban J connectivity index is 2.67. The van der Waals surface area contributed by atoms with Gasteiger partial charge in [-0.05, 0) is 36.8 Å². The van der Waals surface area contributed by atoms with E-state index in [1.165, 1.54) is 11.1 Å². The summed E-state index contributed by atoms with van der Waals surface area (Å²) < 4.78 is 11.1. The lowest BCUT2D eigenvalue weighted by molar-refractivity contribution is -0.148. The lowest BCUT2D eigenvalue weighted by Crippen LogP contribution is -2.40. The SMILES string of the molecule is CCOC(OCC)C(N)Cc1ccc(C(C)(C)C)cc1. The number of ether oxygens (including phenoxy) is 2. The summed E-state index contributed by atoms with van der Waals surface area (Å²) in [5.41, 5.74) is 8.93. The van der Waals surface area contributed by atoms with E-state index in [2.05, 4.69) is 45.0 Å². The van der Waals surface area contributed by atoms with Crippen LogP contribution in [0, 0.1) is 0 Å². The number of rotatable bonds is 7. The van der Waals surface area contributed by atoms with Crippen molar-refractivity contribution in [3.8, 4) is 0 Å². The third-order valence-corrected chi connectivity index (χ3v) is 3.30. The first-order chi connectivity index (χ1) is 9.38. The van der Waals surface area contributed by atoms with Gasteiger partial charge in [-0.15, -0.1) is 0 Å². The van der Waals surface area contributed by atoms with Gasteiger partial charge in [0.2, 0.25) is 0 Å². The van der Waals surface area contributed by atoms with Crippen LogP contribution in [0.5, 0.6) is 0 Å². The molecule has 20 heavy (non-hydrogen) atoms. The molecule has 0 bridgehead atoms. The molecule has 0 radical (unpaired) electrons. The first-order valence-corrected chi connectivity index (χ1v) is 7.46. The van der Waals surface area contributed by atoms with Crippen LogP contribution in [-0.2, 0) is 21.3 Å². The van der Waals surface area contributed by atoms with Gasteiger partial charge < -0.3 is 15.2 Å². The Kier molecular flexibility index (Phi) is 6.66. The van der Waals surface area contributed by atoms with Crippen molar-refractivity contribution in [1.82, 2.24) is 0 Å². The first-order valence-electron chi connectivity index (χ1n) is 7.46. The van der Waals surface area contributed by atoms with Gasteiger partial charge in [-0.1, -0.05) is 45.0 Å². The molecule has 1 rings (SSSR count). The van der Waals surface area contributed by atoms with E-state index >= 15 is 0 Å². The Bertz CT molecular complexity index is 375. The molecule has 0 saturated carbocycles. The summed E-state index contributed by atoms with van der Waals surface area (Å²) in [6.07, 6.45) is 0.432. The van der Waals surface area contributed by atoms with Crippen molar-refractivity contribution in [2.45, 2.75) is 58.8 Å². The number of benzene rings is 1. The summed E-state index contributed by atoms with van der Waals surface area (Å²) >= 11 is 0. The lowest BCUT2D eigenvalue weighted by atomic mass is 9.86. The zero-order valence-corrected chi connectivity index (χ0v) is 13.5. The summed E-state index contributed by atoms with van der Waals surface area (Å²) in [7, 11) is 0. The summed E-state index contributed by atoms with van der Waals surface area (Å²) in [5, 5.41) is 0. The minimum Gasteiger partial charge on any atom is -0.351 e. The van der Waals surface area contributed by atoms with E-state index in [9.17, 15) is 0 Å². The van der Waals surface area contributed by atoms with Gasteiger partial charge >= 0.3 is 0 Å². The van der Waals surface area contributed by atoms with Crippen LogP contribution in [0.2, 0.25) is 0 Å². The molecule has 0 spiro atoms. The topological polar surface area (TPSA) is 44.5 Å². The van der Waals surface area contributed by atoms with Gasteiger partial charge in [-0.2, -0.15) is 0 Å². The molecule has 3 nitrogen and oxygen atoms in total. The quantitative estimate of drug-likeness (QED) is 0.779. The molecule has 0 aliphatic carbocycles. The largest absolute Gasteiger partial charge is 0.351 e. The predicted octanol–water partition coefficient (Wildman–Crippen LogP) is 3.25. The van der Waals surface area contributed by atoms with E-state index in [1.807, 2.05) is 13.8 Å². The van der Waals surface area contributed by atoms with Gasteiger partial charge in [0, 0.05) is 13.2 Å². The molecular weight excluding hydrogens is 250 g/mol. The Morgan fingerprint density at radius 3 is 1.90 bits per heavy atom. The van der Waals surface area contributed by atoms with Crippen LogP contribution < -0.4 is 5.73 Å². The highest BCUT2D eigenvalue weighted by molar-refractivity contribution is 5.28. The molecule has 1 atom stereocenters. The van der Waals surface area contributed by atoms with Crippen LogP contribution in [0.3, 0.4) is 0 Å². The van der Waals surface area contributed by atoms with Gasteiger partial charge in [0.05, 0.1) is 6.04 Å². The number of hydrogen-bond donors (Lipinski definition) is 1. The van der Waals surface area contributed by atoms with Crippen molar-refractivity contribution < 1.29 is 9.47 Å². The second-order valence-electron chi connectivity index (χ2n) is 6.09. The summed E-state index contributed by atoms with van der Waals surface area (Å²) in [6, 6.07) is 8.51. The zero-order valence-electron chi connectivity index (χ0n) is 13.5. The molecule has 114 valence electrons. The molecule has 2 N–H and O–H groups in total. The number of nitrogens with two attached hydrogens (primary N) is 1. The minimum absolute atomic E-state index is 0.143. The van der Waals surface area contributed by atoms with E-state index in [0.29, 0.717) is 13.2 Å². The van der Waals surface area contributed by atoms with Crippen LogP contribution in [-0.4, -0.2) is 25.5 Å². The van der Waals surface area contributed by atoms with Crippen molar-refractivity contribution in [3.05, 3.63) is 35.4 Å². The van der Waals surface area contributed by atoms with E-state index < -0.39 is 0 Å². The number of hydrogen-bond acceptors (Lipinski definition) is 3. The lowest BCUT2D eigenvalue weighted by Gasteiger charge is -2.24. The Labute approximate surface area is 123 Å². The molecule has 0 aliphatic rings. The minimum atomic E-state index is -0.327. The van der Waals surface area contributed by atoms with E-state index in [0.717, 1.165) is 6.42 Å². The van der Waals surface area contributed by atoms with Crippen LogP contribution in [0.25, 0.3) is 0 Å². The molecule has 0 heterocycles. The van der Waals surface area contributed by atoms with Crippen LogP contribution in [0.1, 0.15) is 45.7 Å². The van der Waals surface area contributed by atoms with Crippen molar-refractivity contribution in [1.29, 1.82) is 0 Å². The molecule has 1 aromatic rings. The highest BCUT2D eigenvalue weighted by Gasteiger charge is 2.19. The monoisotopic (exact) mass is 279 g/mol. The van der Waals surface area contributed by atoms with Crippen molar-refractivity contribution in [2.24, 2.45) is 5.73 Å². The van der Waals surface area contributed by atoms with Crippen LogP contribution >= 0.6 is 0 Å². The van der Waals surface area contributed by atoms with Crippen LogP contribution in [0.15, 0.2) is 24.3 Å². The smallest absolute Gasteiger partial charge is 0.172 e. The third kappa shape index (κ3) is 5.23. The Hall–Kier alpha value is -0.900. The van der Waals surface area contributed by atoms with Crippen molar-refractivity contribution >= 4 is 0 Å². The maximum Gasteiger partial charge on any atom is 0.172 e. The average molecular weight is 279 g/mol. The van der Waals surface area contributed by atoms with Gasteiger partial charge in [-0.25, -0.2) is 0 Å². The molecule has 1 aromatic carbocycles. The zero-order chi connectivity index (χ0) is 15.2. The van der Waals surface area contributed by atoms with Crippen molar-refractivity contribution in [2.75, 3.05) is 13.2 Å². The summed E-state index contributed by atoms with van der Waals surface area (Å²) in [4.78, 5) is 0. The standard InChI is InChI=1S/C17H29NO2/c1-6-19-16(20-7-2)15(18)12-13-8-10-14(11-9-13)17(3,4)5/h8-11,15-16H,6-7,12,18H2,1-5H3. The van der Waals surface area contributed by atoms with Gasteiger partial charge in [-0.3, -0.25) is 0 Å². The van der Waals surface area contributed by atoms with Crippen molar-refractivity contribution in [3.63, 3.8) is 0 Å². The Morgan fingerprint density at radius 2 is 1.50 bits per heavy atom. The molecule has 0 aromatic heterocycles. The van der Waals surface area contributed by atoms with Gasteiger partial charge in [0.1, 0.15) is 0 Å². The molecule has 0 saturated heterocycles. The van der Waals surface area contributed by atoms with E-state index in [1.54, 1.807) is 0 Å². The molecular formula is C17H29NO2. The predicted molar refractivity (Wildman–Crippen MR) is 83.9 cm³/mol. The second kappa shape index (κ2) is 7.77. The molecule has 0 fully saturated rings. The van der Waals surface area contributed by atoms with Gasteiger partial charge in [0.25, 0.3) is 0 Å². The fourth-order valence-corrected chi connectivity index (χ4v) is 2.13. The highest BCUT2D eigenvalue weighted by atomic mass is 16.7. The second-order valence-corrected chi connectivity index (χ2v) is 6.09. The maximum atomic E-state index is 6.20. The molecule has 0 amide bonds. The first kappa shape index (κ1) is 17.2. The fraction of sp³-hybridized carbons (Fsp3) is 0.647. The Morgan fingerprint density at radius 1 is 1.00 bits per heavy atom. The van der Waals surface area contributed by atoms with E-state index in [-0.39, 0.29) is 17.7 Å². The highest BCUT2D eigenvalue weighted by Crippen LogP contribution is 2.22. The van der Waals surface area contributed by atoms with Gasteiger partial charge in [0.15, 0.2) is 6.29 Å². The fourth-order valence-electron chi connectivity index (χ4n) is 2.13. The third-order valence-electron chi connectivity index (χ3n) is 3.30. The molecule has 0 aliphatic heterocycles. The molecule has 1 unspecified atom stereocenters. The molecule has 3 heteroatoms. The normalized spacial score (nSPS) is 13.8. The maximum absolute atomic E-state index is 6.20. The average Bonchev–Trinajstić information content (AvgIpc) is 2.38. The summed E-state index contributed by atoms with van der Waals surface area (Å²) in [5.74, 6) is 0. The summed E-state index contributed by atoms with van der Waals surface area (Å²) in [6.45, 7) is 11.8.